The summed E-state index contributed by atoms with van der Waals surface area (Å²) >= 11 is -1.48. The van der Waals surface area contributed by atoms with Crippen LogP contribution in [0, 0.1) is 17.8 Å². The molecule has 1 unspecified atom stereocenters. The van der Waals surface area contributed by atoms with Crippen LogP contribution in [-0.4, -0.2) is 11.7 Å². The molecule has 0 aromatic heterocycles. The second-order valence-corrected chi connectivity index (χ2v) is 22.3. The van der Waals surface area contributed by atoms with E-state index in [2.05, 4.69) is 58.0 Å². The topological polar surface area (TPSA) is 12.0 Å². The fourth-order valence-corrected chi connectivity index (χ4v) is 21.4. The standard InChI is InChI=1S/C10H16N.C9H13.C4H10Si.Ti/c11-10-4-7-1-8(5-10)3-9(2-7)6-10;1-6-5-7(2)9(4)8(6)3;1-4(2)5-3;/h7-9,11H,1-6H2;5H,1-4H3;4H,1-3H3;/q-1;;;+1. The molecule has 0 heterocycles. The molecule has 0 radical (unpaired) electrons. The number of nitrogens with one attached hydrogen (secondary N) is 1. The average molecular weight is 406 g/mol. The Bertz CT molecular complexity index is 678. The number of hydrogen-bond acceptors (Lipinski definition) is 1. The van der Waals surface area contributed by atoms with Crippen LogP contribution in [0.5, 0.6) is 0 Å². The van der Waals surface area contributed by atoms with Crippen molar-refractivity contribution in [3.8, 4) is 0 Å². The van der Waals surface area contributed by atoms with Gasteiger partial charge in [0.1, 0.15) is 0 Å². The monoisotopic (exact) mass is 405 g/mol. The molecule has 4 saturated carbocycles. The molecule has 26 heavy (non-hydrogen) atoms. The van der Waals surface area contributed by atoms with E-state index in [4.69, 9.17) is 0 Å². The van der Waals surface area contributed by atoms with E-state index in [9.17, 15) is 0 Å². The van der Waals surface area contributed by atoms with Crippen LogP contribution < -0.4 is 3.80 Å². The molecule has 1 N–H and O–H groups in total. The van der Waals surface area contributed by atoms with E-state index in [1.807, 2.05) is 0 Å². The first-order valence-electron chi connectivity index (χ1n) is 11.0. The third-order valence-electron chi connectivity index (χ3n) is 8.65. The van der Waals surface area contributed by atoms with Gasteiger partial charge in [0.05, 0.1) is 0 Å². The molecular formula is C23H39NSiTi. The average Bonchev–Trinajstić information content (AvgIpc) is 2.74. The van der Waals surface area contributed by atoms with Crippen LogP contribution in [0.4, 0.5) is 0 Å². The minimum atomic E-state index is -1.48. The van der Waals surface area contributed by atoms with Crippen LogP contribution >= 0.6 is 0 Å². The Morgan fingerprint density at radius 3 is 1.92 bits per heavy atom. The van der Waals surface area contributed by atoms with Gasteiger partial charge in [0.25, 0.3) is 0 Å². The Labute approximate surface area is 168 Å². The third-order valence-corrected chi connectivity index (χ3v) is 23.9. The summed E-state index contributed by atoms with van der Waals surface area (Å²) in [5, 5.41) is 0. The van der Waals surface area contributed by atoms with Crippen molar-refractivity contribution in [2.45, 2.75) is 101 Å². The van der Waals surface area contributed by atoms with E-state index < -0.39 is 16.9 Å². The van der Waals surface area contributed by atoms with Gasteiger partial charge in [-0.1, -0.05) is 0 Å². The summed E-state index contributed by atoms with van der Waals surface area (Å²) in [6.07, 6.45) is 11.5. The van der Waals surface area contributed by atoms with Crippen LogP contribution in [0.2, 0.25) is 15.8 Å². The van der Waals surface area contributed by atoms with Gasteiger partial charge in [-0.25, -0.2) is 0 Å². The van der Waals surface area contributed by atoms with E-state index in [1.54, 1.807) is 36.0 Å². The molecule has 0 saturated heterocycles. The second kappa shape index (κ2) is 6.72. The molecule has 4 fully saturated rings. The van der Waals surface area contributed by atoms with Crippen LogP contribution in [0.15, 0.2) is 22.8 Å². The van der Waals surface area contributed by atoms with Crippen molar-refractivity contribution in [3.63, 3.8) is 0 Å². The first-order valence-corrected chi connectivity index (χ1v) is 17.0. The molecule has 5 aliphatic carbocycles. The van der Waals surface area contributed by atoms with Gasteiger partial charge in [0.15, 0.2) is 0 Å². The van der Waals surface area contributed by atoms with Gasteiger partial charge >= 0.3 is 169 Å². The molecule has 0 spiro atoms. The van der Waals surface area contributed by atoms with E-state index >= 15 is 0 Å². The summed E-state index contributed by atoms with van der Waals surface area (Å²) in [7, 11) is 0. The van der Waals surface area contributed by atoms with Crippen LogP contribution in [0.1, 0.15) is 80.1 Å². The van der Waals surface area contributed by atoms with Crippen molar-refractivity contribution >= 4 is 6.19 Å². The maximum absolute atomic E-state index is 4.63. The van der Waals surface area contributed by atoms with Crippen molar-refractivity contribution in [3.05, 3.63) is 22.8 Å². The van der Waals surface area contributed by atoms with Crippen molar-refractivity contribution in [1.29, 1.82) is 0 Å². The van der Waals surface area contributed by atoms with Gasteiger partial charge in [0, 0.05) is 0 Å². The Morgan fingerprint density at radius 1 is 1.04 bits per heavy atom. The maximum atomic E-state index is 4.63. The Morgan fingerprint density at radius 2 is 1.54 bits per heavy atom. The zero-order valence-corrected chi connectivity index (χ0v) is 20.7. The second-order valence-electron chi connectivity index (χ2n) is 10.8. The van der Waals surface area contributed by atoms with Crippen molar-refractivity contribution in [2.75, 3.05) is 0 Å². The van der Waals surface area contributed by atoms with Gasteiger partial charge in [0.2, 0.25) is 0 Å². The molecule has 1 nitrogen and oxygen atoms in total. The SMILES string of the molecule is CC1=C[C](C)([Ti]([NH]C23CC4CC(CC(C4)C2)C3)=[Si](C)C(C)C)C(C)=C1C. The minimum absolute atomic E-state index is 0.330. The van der Waals surface area contributed by atoms with E-state index in [1.165, 1.54) is 19.3 Å². The van der Waals surface area contributed by atoms with E-state index in [0.29, 0.717) is 9.26 Å². The first kappa shape index (κ1) is 19.7. The zero-order chi connectivity index (χ0) is 18.9. The van der Waals surface area contributed by atoms with Gasteiger partial charge < -0.3 is 0 Å². The first-order chi connectivity index (χ1) is 12.1. The quantitative estimate of drug-likeness (QED) is 0.521. The van der Waals surface area contributed by atoms with Gasteiger partial charge in [-0.15, -0.1) is 0 Å². The van der Waals surface area contributed by atoms with Crippen molar-refractivity contribution in [2.24, 2.45) is 17.8 Å². The third kappa shape index (κ3) is 3.12. The van der Waals surface area contributed by atoms with Crippen LogP contribution in [-0.2, 0) is 16.9 Å². The van der Waals surface area contributed by atoms with Gasteiger partial charge in [-0.05, 0) is 0 Å². The molecule has 0 aliphatic heterocycles. The summed E-state index contributed by atoms with van der Waals surface area (Å²) in [5.74, 6) is 3.14. The summed E-state index contributed by atoms with van der Waals surface area (Å²) < 4.78 is 5.01. The van der Waals surface area contributed by atoms with Crippen LogP contribution in [0.25, 0.3) is 0 Å². The fraction of sp³-hybridized carbons (Fsp3) is 0.826. The van der Waals surface area contributed by atoms with Crippen molar-refractivity contribution in [1.82, 2.24) is 3.80 Å². The van der Waals surface area contributed by atoms with Gasteiger partial charge in [-0.3, -0.25) is 0 Å². The molecule has 144 valence electrons. The summed E-state index contributed by atoms with van der Waals surface area (Å²) in [6, 6.07) is 0. The molecule has 4 bridgehead atoms. The normalized spacial score (nSPS) is 42.6. The Kier molecular flexibility index (Phi) is 5.08. The Balaban J connectivity index is 1.74. The summed E-state index contributed by atoms with van der Waals surface area (Å²) in [5.41, 5.74) is 6.26. The van der Waals surface area contributed by atoms with E-state index in [-0.39, 0.29) is 6.19 Å². The van der Waals surface area contributed by atoms with Crippen molar-refractivity contribution < 1.29 is 16.9 Å². The predicted octanol–water partition coefficient (Wildman–Crippen LogP) is 6.58. The predicted molar refractivity (Wildman–Crippen MR) is 111 cm³/mol. The molecule has 0 amide bonds. The number of rotatable bonds is 4. The molecule has 1 atom stereocenters. The van der Waals surface area contributed by atoms with E-state index in [0.717, 1.165) is 23.3 Å². The zero-order valence-electron chi connectivity index (χ0n) is 18.1. The molecule has 3 heteroatoms. The van der Waals surface area contributed by atoms with Crippen LogP contribution in [0.3, 0.4) is 0 Å². The molecule has 5 rings (SSSR count). The summed E-state index contributed by atoms with van der Waals surface area (Å²) in [4.78, 5) is 0. The molecule has 0 aromatic carbocycles. The molecular weight excluding hydrogens is 366 g/mol. The number of hydrogen-bond donors (Lipinski definition) is 1. The van der Waals surface area contributed by atoms with Gasteiger partial charge in [-0.2, -0.15) is 0 Å². The molecule has 5 aliphatic rings. The Hall–Kier alpha value is 0.371. The molecule has 0 aromatic rings. The number of allylic oxidation sites excluding steroid dienone is 4. The fourth-order valence-electron chi connectivity index (χ4n) is 7.05. The summed E-state index contributed by atoms with van der Waals surface area (Å²) in [6.45, 7) is 17.5.